The van der Waals surface area contributed by atoms with Crippen LogP contribution in [0.4, 0.5) is 0 Å². The van der Waals surface area contributed by atoms with Crippen molar-refractivity contribution in [2.75, 3.05) is 0 Å². The summed E-state index contributed by atoms with van der Waals surface area (Å²) in [5.41, 5.74) is 4.56. The van der Waals surface area contributed by atoms with Gasteiger partial charge in [-0.25, -0.2) is 9.67 Å². The van der Waals surface area contributed by atoms with E-state index >= 15 is 0 Å². The number of hydrogen-bond donors (Lipinski definition) is 1. The molecule has 2 aromatic heterocycles. The fourth-order valence-electron chi connectivity index (χ4n) is 3.24. The van der Waals surface area contributed by atoms with Crippen molar-refractivity contribution in [3.05, 3.63) is 57.9 Å². The summed E-state index contributed by atoms with van der Waals surface area (Å²) in [4.78, 5) is 17.2. The summed E-state index contributed by atoms with van der Waals surface area (Å²) in [5.74, 6) is -0.222. The van der Waals surface area contributed by atoms with Crippen LogP contribution >= 0.6 is 11.6 Å². The zero-order valence-electron chi connectivity index (χ0n) is 15.5. The van der Waals surface area contributed by atoms with Crippen molar-refractivity contribution in [2.24, 2.45) is 0 Å². The van der Waals surface area contributed by atoms with Crippen molar-refractivity contribution in [1.29, 1.82) is 0 Å². The Hall–Kier alpha value is -2.40. The third kappa shape index (κ3) is 3.31. The Kier molecular flexibility index (Phi) is 5.28. The fourth-order valence-corrected chi connectivity index (χ4v) is 3.51. The molecule has 1 atom stereocenters. The Morgan fingerprint density at radius 3 is 2.69 bits per heavy atom. The van der Waals surface area contributed by atoms with E-state index in [1.165, 1.54) is 17.3 Å². The van der Waals surface area contributed by atoms with Crippen molar-refractivity contribution in [3.8, 4) is 0 Å². The number of aryl methyl sites for hydroxylation is 3. The summed E-state index contributed by atoms with van der Waals surface area (Å²) in [7, 11) is 0. The molecule has 3 rings (SSSR count). The predicted molar refractivity (Wildman–Crippen MR) is 105 cm³/mol. The van der Waals surface area contributed by atoms with Crippen molar-refractivity contribution >= 4 is 28.5 Å². The number of halogens is 1. The number of carbonyl (C=O) groups is 1. The summed E-state index contributed by atoms with van der Waals surface area (Å²) < 4.78 is 1.76. The van der Waals surface area contributed by atoms with Crippen LogP contribution in [-0.4, -0.2) is 20.7 Å². The molecule has 1 aromatic carbocycles. The first-order valence-corrected chi connectivity index (χ1v) is 9.22. The van der Waals surface area contributed by atoms with Gasteiger partial charge in [0.2, 0.25) is 0 Å². The van der Waals surface area contributed by atoms with Gasteiger partial charge in [0.25, 0.3) is 5.91 Å². The maximum absolute atomic E-state index is 12.8. The van der Waals surface area contributed by atoms with Gasteiger partial charge in [-0.3, -0.25) is 4.79 Å². The number of amides is 1. The monoisotopic (exact) mass is 370 g/mol. The lowest BCUT2D eigenvalue weighted by Crippen LogP contribution is -2.29. The number of carbonyl (C=O) groups excluding carboxylic acids is 1. The smallest absolute Gasteiger partial charge is 0.254 e. The molecule has 0 fully saturated rings. The first-order valence-electron chi connectivity index (χ1n) is 8.84. The number of nitrogens with one attached hydrogen (secondary N) is 1. The summed E-state index contributed by atoms with van der Waals surface area (Å²) >= 11 is 6.48. The van der Waals surface area contributed by atoms with E-state index < -0.39 is 0 Å². The third-order valence-electron chi connectivity index (χ3n) is 4.66. The van der Waals surface area contributed by atoms with Gasteiger partial charge in [-0.2, -0.15) is 5.10 Å². The first kappa shape index (κ1) is 18.4. The summed E-state index contributed by atoms with van der Waals surface area (Å²) in [6.07, 6.45) is 3.98. The zero-order valence-corrected chi connectivity index (χ0v) is 16.3. The van der Waals surface area contributed by atoms with Crippen LogP contribution in [0.3, 0.4) is 0 Å². The Bertz CT molecular complexity index is 964. The van der Waals surface area contributed by atoms with Crippen LogP contribution in [0.5, 0.6) is 0 Å². The van der Waals surface area contributed by atoms with Crippen LogP contribution in [0.15, 0.2) is 30.6 Å². The molecule has 0 spiro atoms. The fraction of sp³-hybridized carbons (Fsp3) is 0.350. The SMILES string of the molecule is CCC(NC(=O)c1cnc2c(cnn2CC)c1Cl)c1ccc(C)cc1C. The molecule has 0 aliphatic carbocycles. The first-order chi connectivity index (χ1) is 12.5. The molecule has 0 aliphatic heterocycles. The van der Waals surface area contributed by atoms with Crippen LogP contribution in [0, 0.1) is 13.8 Å². The highest BCUT2D eigenvalue weighted by atomic mass is 35.5. The van der Waals surface area contributed by atoms with Gasteiger partial charge >= 0.3 is 0 Å². The van der Waals surface area contributed by atoms with Gasteiger partial charge in [0.15, 0.2) is 5.65 Å². The lowest BCUT2D eigenvalue weighted by molar-refractivity contribution is 0.0935. The van der Waals surface area contributed by atoms with E-state index in [1.807, 2.05) is 6.92 Å². The Morgan fingerprint density at radius 2 is 2.04 bits per heavy atom. The van der Waals surface area contributed by atoms with E-state index in [0.29, 0.717) is 28.2 Å². The molecule has 0 radical (unpaired) electrons. The normalized spacial score (nSPS) is 12.3. The Morgan fingerprint density at radius 1 is 1.27 bits per heavy atom. The van der Waals surface area contributed by atoms with E-state index in [4.69, 9.17) is 11.6 Å². The standard InChI is InChI=1S/C20H23ClN4O/c1-5-17(14-8-7-12(3)9-13(14)4)24-20(26)16-10-22-19-15(18(16)21)11-23-25(19)6-2/h7-11,17H,5-6H2,1-4H3,(H,24,26). The van der Waals surface area contributed by atoms with Gasteiger partial charge in [-0.1, -0.05) is 42.3 Å². The van der Waals surface area contributed by atoms with Crippen molar-refractivity contribution in [1.82, 2.24) is 20.1 Å². The van der Waals surface area contributed by atoms with Gasteiger partial charge in [0.05, 0.1) is 28.2 Å². The largest absolute Gasteiger partial charge is 0.345 e. The second kappa shape index (κ2) is 7.46. The molecule has 3 aromatic rings. The topological polar surface area (TPSA) is 59.8 Å². The molecule has 1 unspecified atom stereocenters. The van der Waals surface area contributed by atoms with Gasteiger partial charge < -0.3 is 5.32 Å². The Labute approximate surface area is 158 Å². The minimum absolute atomic E-state index is 0.0757. The van der Waals surface area contributed by atoms with Crippen molar-refractivity contribution in [3.63, 3.8) is 0 Å². The van der Waals surface area contributed by atoms with Gasteiger partial charge in [0, 0.05) is 12.7 Å². The molecule has 0 saturated heterocycles. The number of aromatic nitrogens is 3. The van der Waals surface area contributed by atoms with Crippen LogP contribution in [0.2, 0.25) is 5.02 Å². The van der Waals surface area contributed by atoms with Crippen molar-refractivity contribution < 1.29 is 4.79 Å². The number of rotatable bonds is 5. The molecule has 26 heavy (non-hydrogen) atoms. The molecule has 2 heterocycles. The molecule has 6 heteroatoms. The third-order valence-corrected chi connectivity index (χ3v) is 5.07. The second-order valence-corrected chi connectivity index (χ2v) is 6.86. The van der Waals surface area contributed by atoms with Gasteiger partial charge in [0.1, 0.15) is 0 Å². The molecule has 5 nitrogen and oxygen atoms in total. The minimum Gasteiger partial charge on any atom is -0.345 e. The van der Waals surface area contributed by atoms with E-state index in [9.17, 15) is 4.79 Å². The molecule has 1 N–H and O–H groups in total. The number of fused-ring (bicyclic) bond motifs is 1. The second-order valence-electron chi connectivity index (χ2n) is 6.48. The van der Waals surface area contributed by atoms with Crippen LogP contribution in [0.1, 0.15) is 53.4 Å². The van der Waals surface area contributed by atoms with E-state index in [-0.39, 0.29) is 11.9 Å². The van der Waals surface area contributed by atoms with E-state index in [2.05, 4.69) is 54.4 Å². The van der Waals surface area contributed by atoms with E-state index in [0.717, 1.165) is 12.0 Å². The summed E-state index contributed by atoms with van der Waals surface area (Å²) in [6.45, 7) is 8.87. The highest BCUT2D eigenvalue weighted by molar-refractivity contribution is 6.38. The average Bonchev–Trinajstić information content (AvgIpc) is 3.04. The predicted octanol–water partition coefficient (Wildman–Crippen LogP) is 4.60. The van der Waals surface area contributed by atoms with Gasteiger partial charge in [-0.05, 0) is 38.3 Å². The molecule has 0 saturated carbocycles. The summed E-state index contributed by atoms with van der Waals surface area (Å²) in [5, 5.41) is 8.44. The van der Waals surface area contributed by atoms with Crippen molar-refractivity contribution in [2.45, 2.75) is 46.7 Å². The highest BCUT2D eigenvalue weighted by Gasteiger charge is 2.20. The number of hydrogen-bond acceptors (Lipinski definition) is 3. The zero-order chi connectivity index (χ0) is 18.8. The number of benzene rings is 1. The molecule has 0 aliphatic rings. The highest BCUT2D eigenvalue weighted by Crippen LogP contribution is 2.27. The minimum atomic E-state index is -0.222. The molecular weight excluding hydrogens is 348 g/mol. The number of pyridine rings is 1. The quantitative estimate of drug-likeness (QED) is 0.713. The maximum Gasteiger partial charge on any atom is 0.254 e. The molecule has 1 amide bonds. The van der Waals surface area contributed by atoms with Gasteiger partial charge in [-0.15, -0.1) is 0 Å². The Balaban J connectivity index is 1.91. The lowest BCUT2D eigenvalue weighted by Gasteiger charge is -2.20. The number of nitrogens with zero attached hydrogens (tertiary/aromatic N) is 3. The molecule has 0 bridgehead atoms. The summed E-state index contributed by atoms with van der Waals surface area (Å²) in [6, 6.07) is 6.20. The molecular formula is C20H23ClN4O. The lowest BCUT2D eigenvalue weighted by atomic mass is 9.97. The molecule has 136 valence electrons. The van der Waals surface area contributed by atoms with Crippen LogP contribution in [0.25, 0.3) is 11.0 Å². The average molecular weight is 371 g/mol. The van der Waals surface area contributed by atoms with Crippen LogP contribution < -0.4 is 5.32 Å². The van der Waals surface area contributed by atoms with E-state index in [1.54, 1.807) is 10.9 Å². The maximum atomic E-state index is 12.8. The van der Waals surface area contributed by atoms with Crippen LogP contribution in [-0.2, 0) is 6.54 Å².